The number of rotatable bonds is 8. The van der Waals surface area contributed by atoms with Crippen LogP contribution in [0.3, 0.4) is 0 Å². The molecule has 132 valence electrons. The van der Waals surface area contributed by atoms with Crippen LogP contribution < -0.4 is 5.32 Å². The average Bonchev–Trinajstić information content (AvgIpc) is 2.50. The minimum atomic E-state index is -0.472. The summed E-state index contributed by atoms with van der Waals surface area (Å²) >= 11 is 0. The Balaban J connectivity index is 2.48. The molecule has 1 amide bonds. The van der Waals surface area contributed by atoms with Gasteiger partial charge in [0.2, 0.25) is 6.08 Å². The van der Waals surface area contributed by atoms with Crippen molar-refractivity contribution in [3.05, 3.63) is 29.8 Å². The van der Waals surface area contributed by atoms with Crippen molar-refractivity contribution in [3.63, 3.8) is 0 Å². The number of isocyanates is 1. The van der Waals surface area contributed by atoms with E-state index in [4.69, 9.17) is 4.74 Å². The summed E-state index contributed by atoms with van der Waals surface area (Å²) in [5.41, 5.74) is 1.38. The van der Waals surface area contributed by atoms with E-state index in [9.17, 15) is 9.59 Å². The number of hydrogen-bond donors (Lipinski definition) is 1. The molecule has 0 radical (unpaired) electrons. The number of aliphatic imine (C=N–C) groups is 1. The van der Waals surface area contributed by atoms with Gasteiger partial charge in [-0.15, -0.1) is 0 Å². The number of nitrogens with zero attached hydrogens (tertiary/aromatic N) is 1. The number of carbonyl (C=O) groups excluding carboxylic acids is 2. The van der Waals surface area contributed by atoms with Crippen molar-refractivity contribution in [2.45, 2.75) is 64.9 Å². The lowest BCUT2D eigenvalue weighted by Gasteiger charge is -2.20. The molecule has 1 aromatic rings. The third-order valence-corrected chi connectivity index (χ3v) is 3.57. The Bertz CT molecular complexity index is 555. The van der Waals surface area contributed by atoms with E-state index in [1.54, 1.807) is 6.08 Å². The van der Waals surface area contributed by atoms with Crippen molar-refractivity contribution in [1.82, 2.24) is 5.32 Å². The second kappa shape index (κ2) is 9.89. The van der Waals surface area contributed by atoms with Crippen LogP contribution in [-0.4, -0.2) is 24.3 Å². The quantitative estimate of drug-likeness (QED) is 0.420. The van der Waals surface area contributed by atoms with Crippen LogP contribution in [0.1, 0.15) is 64.9 Å². The molecular formula is C19H28N2O3. The van der Waals surface area contributed by atoms with Crippen LogP contribution in [0.2, 0.25) is 0 Å². The lowest BCUT2D eigenvalue weighted by molar-refractivity contribution is 0.0526. The highest BCUT2D eigenvalue weighted by molar-refractivity contribution is 5.67. The fraction of sp³-hybridized carbons (Fsp3) is 0.579. The third kappa shape index (κ3) is 7.93. The Labute approximate surface area is 144 Å². The first-order valence-electron chi connectivity index (χ1n) is 8.50. The second-order valence-electron chi connectivity index (χ2n) is 6.85. The van der Waals surface area contributed by atoms with E-state index in [-0.39, 0.29) is 6.09 Å². The monoisotopic (exact) mass is 332 g/mol. The van der Waals surface area contributed by atoms with E-state index in [1.807, 2.05) is 45.0 Å². The highest BCUT2D eigenvalue weighted by Gasteiger charge is 2.16. The lowest BCUT2D eigenvalue weighted by atomic mass is 9.90. The van der Waals surface area contributed by atoms with E-state index in [0.29, 0.717) is 18.2 Å². The second-order valence-corrected chi connectivity index (χ2v) is 6.85. The molecule has 0 aromatic heterocycles. The van der Waals surface area contributed by atoms with Crippen LogP contribution in [0.4, 0.5) is 10.5 Å². The van der Waals surface area contributed by atoms with E-state index in [2.05, 4.69) is 17.2 Å². The molecular weight excluding hydrogens is 304 g/mol. The highest BCUT2D eigenvalue weighted by atomic mass is 16.6. The number of amides is 1. The first-order valence-corrected chi connectivity index (χ1v) is 8.50. The summed E-state index contributed by atoms with van der Waals surface area (Å²) in [6, 6.07) is 7.69. The van der Waals surface area contributed by atoms with Gasteiger partial charge < -0.3 is 10.1 Å². The van der Waals surface area contributed by atoms with Crippen LogP contribution in [0.15, 0.2) is 29.3 Å². The van der Waals surface area contributed by atoms with Crippen molar-refractivity contribution in [3.8, 4) is 0 Å². The molecule has 0 aliphatic rings. The van der Waals surface area contributed by atoms with Crippen molar-refractivity contribution in [2.24, 2.45) is 4.99 Å². The molecule has 0 saturated carbocycles. The van der Waals surface area contributed by atoms with Gasteiger partial charge in [0, 0.05) is 6.54 Å². The summed E-state index contributed by atoms with van der Waals surface area (Å²) in [6.45, 7) is 8.31. The summed E-state index contributed by atoms with van der Waals surface area (Å²) in [6.07, 6.45) is 5.23. The topological polar surface area (TPSA) is 67.8 Å². The molecule has 0 bridgehead atoms. The zero-order valence-electron chi connectivity index (χ0n) is 15.1. The first kappa shape index (κ1) is 19.9. The summed E-state index contributed by atoms with van der Waals surface area (Å²) in [5, 5.41) is 2.79. The Morgan fingerprint density at radius 1 is 1.25 bits per heavy atom. The minimum Gasteiger partial charge on any atom is -0.444 e. The fourth-order valence-electron chi connectivity index (χ4n) is 2.55. The standard InChI is InChI=1S/C19H28N2O3/c1-5-7-15(16-9-11-17(12-10-16)21-14-22)8-6-13-20-18(23)24-19(2,3)4/h9-12,15H,5-8,13H2,1-4H3,(H,20,23). The Morgan fingerprint density at radius 2 is 1.92 bits per heavy atom. The fourth-order valence-corrected chi connectivity index (χ4v) is 2.55. The molecule has 0 heterocycles. The Kier molecular flexibility index (Phi) is 8.20. The van der Waals surface area contributed by atoms with Gasteiger partial charge in [-0.25, -0.2) is 9.59 Å². The maximum absolute atomic E-state index is 11.6. The SMILES string of the molecule is CCCC(CCCNC(=O)OC(C)(C)C)c1ccc(N=C=O)cc1. The van der Waals surface area contributed by atoms with Gasteiger partial charge >= 0.3 is 6.09 Å². The minimum absolute atomic E-state index is 0.370. The van der Waals surface area contributed by atoms with Gasteiger partial charge in [-0.3, -0.25) is 0 Å². The molecule has 24 heavy (non-hydrogen) atoms. The van der Waals surface area contributed by atoms with Crippen molar-refractivity contribution in [2.75, 3.05) is 6.54 Å². The third-order valence-electron chi connectivity index (χ3n) is 3.57. The van der Waals surface area contributed by atoms with Crippen LogP contribution in [0.5, 0.6) is 0 Å². The van der Waals surface area contributed by atoms with E-state index in [0.717, 1.165) is 25.7 Å². The first-order chi connectivity index (χ1) is 11.4. The predicted molar refractivity (Wildman–Crippen MR) is 95.3 cm³/mol. The number of carbonyl (C=O) groups is 1. The maximum atomic E-state index is 11.6. The summed E-state index contributed by atoms with van der Waals surface area (Å²) < 4.78 is 5.22. The van der Waals surface area contributed by atoms with Crippen LogP contribution in [-0.2, 0) is 9.53 Å². The van der Waals surface area contributed by atoms with E-state index < -0.39 is 5.60 Å². The molecule has 0 aliphatic heterocycles. The Morgan fingerprint density at radius 3 is 2.46 bits per heavy atom. The van der Waals surface area contributed by atoms with Crippen LogP contribution >= 0.6 is 0 Å². The number of alkyl carbamates (subject to hydrolysis) is 1. The number of hydrogen-bond acceptors (Lipinski definition) is 4. The molecule has 1 aromatic carbocycles. The molecule has 0 aliphatic carbocycles. The summed E-state index contributed by atoms with van der Waals surface area (Å²) in [5.74, 6) is 0.435. The average molecular weight is 332 g/mol. The van der Waals surface area contributed by atoms with Crippen LogP contribution in [0, 0.1) is 0 Å². The normalized spacial score (nSPS) is 12.2. The van der Waals surface area contributed by atoms with Crippen molar-refractivity contribution >= 4 is 17.9 Å². The Hall–Kier alpha value is -2.13. The smallest absolute Gasteiger partial charge is 0.407 e. The van der Waals surface area contributed by atoms with Gasteiger partial charge in [0.1, 0.15) is 5.60 Å². The molecule has 0 spiro atoms. The van der Waals surface area contributed by atoms with Crippen LogP contribution in [0.25, 0.3) is 0 Å². The van der Waals surface area contributed by atoms with Crippen molar-refractivity contribution in [1.29, 1.82) is 0 Å². The van der Waals surface area contributed by atoms with Gasteiger partial charge in [-0.2, -0.15) is 4.99 Å². The number of benzene rings is 1. The van der Waals surface area contributed by atoms with Gasteiger partial charge in [0.25, 0.3) is 0 Å². The molecule has 1 unspecified atom stereocenters. The molecule has 0 fully saturated rings. The van der Waals surface area contributed by atoms with Gasteiger partial charge in [0.05, 0.1) is 5.69 Å². The molecule has 5 nitrogen and oxygen atoms in total. The summed E-state index contributed by atoms with van der Waals surface area (Å²) in [4.78, 5) is 25.5. The zero-order chi connectivity index (χ0) is 18.0. The maximum Gasteiger partial charge on any atom is 0.407 e. The van der Waals surface area contributed by atoms with Gasteiger partial charge in [0.15, 0.2) is 0 Å². The molecule has 1 N–H and O–H groups in total. The van der Waals surface area contributed by atoms with Gasteiger partial charge in [-0.1, -0.05) is 25.5 Å². The lowest BCUT2D eigenvalue weighted by Crippen LogP contribution is -2.33. The van der Waals surface area contributed by atoms with E-state index in [1.165, 1.54) is 5.56 Å². The number of nitrogens with one attached hydrogen (secondary N) is 1. The molecule has 0 saturated heterocycles. The zero-order valence-corrected chi connectivity index (χ0v) is 15.1. The van der Waals surface area contributed by atoms with E-state index >= 15 is 0 Å². The molecule has 5 heteroatoms. The largest absolute Gasteiger partial charge is 0.444 e. The van der Waals surface area contributed by atoms with Gasteiger partial charge in [-0.05, 0) is 63.6 Å². The number of ether oxygens (including phenoxy) is 1. The van der Waals surface area contributed by atoms with Crippen molar-refractivity contribution < 1.29 is 14.3 Å². The summed E-state index contributed by atoms with van der Waals surface area (Å²) in [7, 11) is 0. The molecule has 1 rings (SSSR count). The predicted octanol–water partition coefficient (Wildman–Crippen LogP) is 4.84. The highest BCUT2D eigenvalue weighted by Crippen LogP contribution is 2.27. The molecule has 1 atom stereocenters.